The number of amides is 1. The first-order chi connectivity index (χ1) is 20.8. The average Bonchev–Trinajstić information content (AvgIpc) is 3.29. The third kappa shape index (κ3) is 7.13. The van der Waals surface area contributed by atoms with Crippen LogP contribution in [0.25, 0.3) is 0 Å². The topological polar surface area (TPSA) is 188 Å². The molecular formula is C31H44N2O11. The summed E-state index contributed by atoms with van der Waals surface area (Å²) in [7, 11) is 0. The largest absolute Gasteiger partial charge is 0.464 e. The maximum absolute atomic E-state index is 13.5. The molecule has 1 amide bonds. The monoisotopic (exact) mass is 620 g/mol. The maximum Gasteiger partial charge on any atom is 0.329 e. The molecule has 8 atom stereocenters. The number of allylic oxidation sites excluding steroid dienone is 1. The second kappa shape index (κ2) is 13.7. The van der Waals surface area contributed by atoms with Crippen molar-refractivity contribution < 1.29 is 48.5 Å². The van der Waals surface area contributed by atoms with E-state index >= 15 is 0 Å². The number of ketones is 2. The lowest BCUT2D eigenvalue weighted by Crippen LogP contribution is -2.57. The third-order valence-electron chi connectivity index (χ3n) is 10.7. The van der Waals surface area contributed by atoms with Gasteiger partial charge in [-0.3, -0.25) is 19.2 Å². The van der Waals surface area contributed by atoms with E-state index in [0.29, 0.717) is 19.3 Å². The van der Waals surface area contributed by atoms with Gasteiger partial charge in [-0.15, -0.1) is 10.1 Å². The molecule has 244 valence electrons. The molecule has 4 aliphatic rings. The minimum absolute atomic E-state index is 0.0419. The maximum atomic E-state index is 13.5. The summed E-state index contributed by atoms with van der Waals surface area (Å²) in [6, 6.07) is -1.31. The van der Waals surface area contributed by atoms with Crippen molar-refractivity contribution in [3.8, 4) is 0 Å². The van der Waals surface area contributed by atoms with Crippen molar-refractivity contribution in [2.45, 2.75) is 97.1 Å². The van der Waals surface area contributed by atoms with Gasteiger partial charge in [-0.25, -0.2) is 4.79 Å². The lowest BCUT2D eigenvalue weighted by atomic mass is 9.46. The van der Waals surface area contributed by atoms with Gasteiger partial charge >= 0.3 is 11.9 Å². The molecule has 2 N–H and O–H groups in total. The zero-order valence-electron chi connectivity index (χ0n) is 25.7. The number of aliphatic hydroxyl groups excluding tert-OH is 1. The van der Waals surface area contributed by atoms with E-state index in [1.165, 1.54) is 6.92 Å². The van der Waals surface area contributed by atoms with Gasteiger partial charge in [-0.2, -0.15) is 0 Å². The predicted molar refractivity (Wildman–Crippen MR) is 153 cm³/mol. The first-order valence-corrected chi connectivity index (χ1v) is 15.6. The summed E-state index contributed by atoms with van der Waals surface area (Å²) in [5.41, 5.74) is 0.491. The Kier molecular flexibility index (Phi) is 10.5. The van der Waals surface area contributed by atoms with Crippen molar-refractivity contribution >= 4 is 29.4 Å². The summed E-state index contributed by atoms with van der Waals surface area (Å²) in [6.45, 7) is 4.72. The number of fused-ring (bicyclic) bond motifs is 5. The highest BCUT2D eigenvalue weighted by Gasteiger charge is 2.63. The fourth-order valence-electron chi connectivity index (χ4n) is 8.75. The van der Waals surface area contributed by atoms with E-state index in [9.17, 15) is 39.2 Å². The summed E-state index contributed by atoms with van der Waals surface area (Å²) in [4.78, 5) is 76.7. The second-order valence-electron chi connectivity index (χ2n) is 13.3. The number of nitrogens with zero attached hydrogens (tertiary/aromatic N) is 1. The molecule has 0 aliphatic heterocycles. The van der Waals surface area contributed by atoms with Gasteiger partial charge < -0.3 is 24.7 Å². The van der Waals surface area contributed by atoms with Gasteiger partial charge in [0, 0.05) is 19.3 Å². The molecule has 0 aromatic rings. The standard InChI is InChI=1S/C31H44N2O11/c1-18(34)32-24(29(39)42-12-4-5-13-44-33(40)41)15-27(38)43-17-26(37)23-9-8-22-21-7-6-19-14-20(35)10-11-30(19,2)28(21)25(36)16-31(22,23)3/h14,21-25,28,36H,4-13,15-17H2,1-3H3,(H,32,34). The van der Waals surface area contributed by atoms with Crippen molar-refractivity contribution in [2.75, 3.05) is 19.8 Å². The summed E-state index contributed by atoms with van der Waals surface area (Å²) in [5, 5.41) is 23.2. The first kappa shape index (κ1) is 33.5. The quantitative estimate of drug-likeness (QED) is 0.133. The molecule has 4 aliphatic carbocycles. The first-order valence-electron chi connectivity index (χ1n) is 15.6. The van der Waals surface area contributed by atoms with Gasteiger partial charge in [0.25, 0.3) is 5.09 Å². The Bertz CT molecular complexity index is 1200. The van der Waals surface area contributed by atoms with Crippen LogP contribution in [0.5, 0.6) is 0 Å². The number of rotatable bonds is 13. The number of ether oxygens (including phenoxy) is 2. The van der Waals surface area contributed by atoms with Crippen molar-refractivity contribution in [1.29, 1.82) is 0 Å². The molecule has 0 aromatic heterocycles. The fourth-order valence-corrected chi connectivity index (χ4v) is 8.75. The normalized spacial score (nSPS) is 33.0. The smallest absolute Gasteiger partial charge is 0.329 e. The number of nitrogens with one attached hydrogen (secondary N) is 1. The van der Waals surface area contributed by atoms with Crippen LogP contribution in [0.4, 0.5) is 0 Å². The van der Waals surface area contributed by atoms with Crippen LogP contribution in [0.3, 0.4) is 0 Å². The summed E-state index contributed by atoms with van der Waals surface area (Å²) in [6.07, 6.45) is 6.09. The number of hydrogen-bond acceptors (Lipinski definition) is 11. The minimum Gasteiger partial charge on any atom is -0.464 e. The number of hydrogen-bond donors (Lipinski definition) is 2. The summed E-state index contributed by atoms with van der Waals surface area (Å²) in [5.74, 6) is -2.20. The van der Waals surface area contributed by atoms with Gasteiger partial charge in [-0.1, -0.05) is 19.4 Å². The molecular weight excluding hydrogens is 576 g/mol. The van der Waals surface area contributed by atoms with Crippen LogP contribution >= 0.6 is 0 Å². The third-order valence-corrected chi connectivity index (χ3v) is 10.7. The van der Waals surface area contributed by atoms with E-state index in [-0.39, 0.29) is 66.7 Å². The van der Waals surface area contributed by atoms with Gasteiger partial charge in [0.1, 0.15) is 12.6 Å². The molecule has 0 bridgehead atoms. The van der Waals surface area contributed by atoms with Gasteiger partial charge in [-0.05, 0) is 86.0 Å². The number of aliphatic hydroxyl groups is 1. The number of carbonyl (C=O) groups excluding carboxylic acids is 5. The number of unbranched alkanes of at least 4 members (excludes halogenated alkanes) is 1. The molecule has 4 rings (SSSR count). The Hall–Kier alpha value is -3.35. The van der Waals surface area contributed by atoms with Gasteiger partial charge in [0.05, 0.1) is 25.7 Å². The lowest BCUT2D eigenvalue weighted by Gasteiger charge is -2.59. The van der Waals surface area contributed by atoms with Gasteiger partial charge in [0.15, 0.2) is 11.6 Å². The molecule has 3 fully saturated rings. The Morgan fingerprint density at radius 1 is 1.11 bits per heavy atom. The number of Topliss-reactive ketones (excluding diaryl/α,β-unsaturated/α-hetero) is 1. The highest BCUT2D eigenvalue weighted by Crippen LogP contribution is 2.66. The van der Waals surface area contributed by atoms with Crippen molar-refractivity contribution in [3.05, 3.63) is 21.8 Å². The Balaban J connectivity index is 1.31. The van der Waals surface area contributed by atoms with Gasteiger partial charge in [0.2, 0.25) is 5.91 Å². The van der Waals surface area contributed by atoms with Crippen LogP contribution in [0, 0.1) is 44.6 Å². The summed E-state index contributed by atoms with van der Waals surface area (Å²) >= 11 is 0. The average molecular weight is 621 g/mol. The van der Waals surface area contributed by atoms with Crippen LogP contribution < -0.4 is 5.32 Å². The highest BCUT2D eigenvalue weighted by atomic mass is 16.9. The predicted octanol–water partition coefficient (Wildman–Crippen LogP) is 2.64. The van der Waals surface area contributed by atoms with Crippen LogP contribution in [-0.4, -0.2) is 71.6 Å². The molecule has 8 unspecified atom stereocenters. The van der Waals surface area contributed by atoms with E-state index in [1.807, 2.05) is 0 Å². The Morgan fingerprint density at radius 3 is 2.55 bits per heavy atom. The highest BCUT2D eigenvalue weighted by molar-refractivity contribution is 5.92. The van der Waals surface area contributed by atoms with Crippen molar-refractivity contribution in [3.63, 3.8) is 0 Å². The molecule has 0 spiro atoms. The number of carbonyl (C=O) groups is 5. The van der Waals surface area contributed by atoms with E-state index in [1.54, 1.807) is 6.08 Å². The van der Waals surface area contributed by atoms with Crippen LogP contribution in [0.15, 0.2) is 11.6 Å². The SMILES string of the molecule is CC(=O)NC(CC(=O)OCC(=O)C1CCC2C3CCC4=CC(=O)CCC4(C)C3C(O)CC12C)C(=O)OCCCCO[N+](=O)[O-]. The van der Waals surface area contributed by atoms with Crippen molar-refractivity contribution in [1.82, 2.24) is 5.32 Å². The van der Waals surface area contributed by atoms with Crippen LogP contribution in [0.1, 0.15) is 85.0 Å². The van der Waals surface area contributed by atoms with E-state index in [4.69, 9.17) is 9.47 Å². The molecule has 0 heterocycles. The lowest BCUT2D eigenvalue weighted by molar-refractivity contribution is -0.757. The van der Waals surface area contributed by atoms with E-state index in [2.05, 4.69) is 24.0 Å². The zero-order valence-corrected chi connectivity index (χ0v) is 25.7. The fraction of sp³-hybridized carbons (Fsp3) is 0.774. The molecule has 3 saturated carbocycles. The molecule has 13 heteroatoms. The van der Waals surface area contributed by atoms with E-state index < -0.39 is 53.5 Å². The summed E-state index contributed by atoms with van der Waals surface area (Å²) < 4.78 is 10.4. The molecule has 0 aromatic carbocycles. The zero-order chi connectivity index (χ0) is 32.2. The molecule has 0 saturated heterocycles. The molecule has 0 radical (unpaired) electrons. The van der Waals surface area contributed by atoms with Crippen molar-refractivity contribution in [2.24, 2.45) is 34.5 Å². The molecule has 44 heavy (non-hydrogen) atoms. The second-order valence-corrected chi connectivity index (χ2v) is 13.3. The van der Waals surface area contributed by atoms with Crippen LogP contribution in [-0.2, 0) is 38.3 Å². The number of esters is 2. The minimum atomic E-state index is -1.31. The Labute approximate surface area is 256 Å². The van der Waals surface area contributed by atoms with Crippen LogP contribution in [0.2, 0.25) is 0 Å². The molecule has 13 nitrogen and oxygen atoms in total. The van der Waals surface area contributed by atoms with E-state index in [0.717, 1.165) is 31.3 Å². The Morgan fingerprint density at radius 2 is 1.84 bits per heavy atom.